The summed E-state index contributed by atoms with van der Waals surface area (Å²) in [6, 6.07) is 0.422. The van der Waals surface area contributed by atoms with Gasteiger partial charge in [-0.15, -0.1) is 0 Å². The van der Waals surface area contributed by atoms with Crippen LogP contribution in [-0.4, -0.2) is 58.2 Å². The Bertz CT molecular complexity index is 660. The quantitative estimate of drug-likeness (QED) is 0.924. The summed E-state index contributed by atoms with van der Waals surface area (Å²) < 4.78 is 11.2. The number of nitrogens with one attached hydrogen (secondary N) is 1. The minimum atomic E-state index is 0.422. The van der Waals surface area contributed by atoms with Gasteiger partial charge in [-0.2, -0.15) is 4.98 Å². The molecule has 0 saturated carbocycles. The Labute approximate surface area is 135 Å². The van der Waals surface area contributed by atoms with Crippen LogP contribution in [0, 0.1) is 6.92 Å². The SMILES string of the molecule is Cc1nc2c(NC3CCN(CC4CCCO4)CC3)ncnc2o1. The second-order valence-electron chi connectivity index (χ2n) is 6.46. The van der Waals surface area contributed by atoms with Crippen molar-refractivity contribution in [2.45, 2.75) is 44.8 Å². The first-order valence-corrected chi connectivity index (χ1v) is 8.46. The van der Waals surface area contributed by atoms with Gasteiger partial charge in [0.1, 0.15) is 6.33 Å². The summed E-state index contributed by atoms with van der Waals surface area (Å²) in [5.41, 5.74) is 1.28. The van der Waals surface area contributed by atoms with Crippen LogP contribution in [0.5, 0.6) is 0 Å². The van der Waals surface area contributed by atoms with Gasteiger partial charge in [0.25, 0.3) is 5.71 Å². The Morgan fingerprint density at radius 2 is 2.13 bits per heavy atom. The third-order valence-electron chi connectivity index (χ3n) is 4.72. The normalized spacial score (nSPS) is 23.6. The number of rotatable bonds is 4. The molecule has 0 radical (unpaired) electrons. The summed E-state index contributed by atoms with van der Waals surface area (Å²) in [5, 5.41) is 3.52. The average molecular weight is 317 g/mol. The lowest BCUT2D eigenvalue weighted by molar-refractivity contribution is 0.0654. The molecule has 7 heteroatoms. The molecular weight excluding hydrogens is 294 g/mol. The van der Waals surface area contributed by atoms with E-state index >= 15 is 0 Å². The Morgan fingerprint density at radius 3 is 2.91 bits per heavy atom. The lowest BCUT2D eigenvalue weighted by Gasteiger charge is -2.33. The first kappa shape index (κ1) is 14.8. The highest BCUT2D eigenvalue weighted by molar-refractivity contribution is 5.80. The predicted molar refractivity (Wildman–Crippen MR) is 86.4 cm³/mol. The molecule has 2 aromatic rings. The number of hydrogen-bond donors (Lipinski definition) is 1. The molecule has 0 aliphatic carbocycles. The largest absolute Gasteiger partial charge is 0.422 e. The summed E-state index contributed by atoms with van der Waals surface area (Å²) in [6.07, 6.45) is 6.61. The van der Waals surface area contributed by atoms with Gasteiger partial charge in [0.2, 0.25) is 0 Å². The first-order valence-electron chi connectivity index (χ1n) is 8.46. The number of nitrogens with zero attached hydrogens (tertiary/aromatic N) is 4. The van der Waals surface area contributed by atoms with Gasteiger partial charge in [-0.05, 0) is 25.7 Å². The van der Waals surface area contributed by atoms with E-state index in [9.17, 15) is 0 Å². The number of hydrogen-bond acceptors (Lipinski definition) is 7. The molecule has 23 heavy (non-hydrogen) atoms. The zero-order valence-electron chi connectivity index (χ0n) is 13.5. The zero-order valence-corrected chi connectivity index (χ0v) is 13.5. The number of aryl methyl sites for hydroxylation is 1. The van der Waals surface area contributed by atoms with Crippen molar-refractivity contribution >= 4 is 17.0 Å². The molecule has 4 heterocycles. The Balaban J connectivity index is 1.35. The maximum absolute atomic E-state index is 5.74. The number of oxazole rings is 1. The maximum atomic E-state index is 5.74. The lowest BCUT2D eigenvalue weighted by atomic mass is 10.0. The van der Waals surface area contributed by atoms with Crippen LogP contribution < -0.4 is 5.32 Å². The molecule has 2 fully saturated rings. The maximum Gasteiger partial charge on any atom is 0.252 e. The highest BCUT2D eigenvalue weighted by atomic mass is 16.5. The van der Waals surface area contributed by atoms with Crippen LogP contribution in [0.25, 0.3) is 11.2 Å². The highest BCUT2D eigenvalue weighted by Crippen LogP contribution is 2.23. The van der Waals surface area contributed by atoms with Crippen molar-refractivity contribution < 1.29 is 9.15 Å². The summed E-state index contributed by atoms with van der Waals surface area (Å²) in [7, 11) is 0. The van der Waals surface area contributed by atoms with E-state index in [1.165, 1.54) is 19.2 Å². The van der Waals surface area contributed by atoms with E-state index in [2.05, 4.69) is 25.2 Å². The molecule has 0 amide bonds. The molecule has 1 N–H and O–H groups in total. The van der Waals surface area contributed by atoms with Gasteiger partial charge in [-0.3, -0.25) is 0 Å². The number of ether oxygens (including phenoxy) is 1. The van der Waals surface area contributed by atoms with Crippen LogP contribution in [0.4, 0.5) is 5.82 Å². The van der Waals surface area contributed by atoms with E-state index in [1.807, 2.05) is 6.92 Å². The molecular formula is C16H23N5O2. The van der Waals surface area contributed by atoms with Gasteiger partial charge in [0, 0.05) is 39.2 Å². The van der Waals surface area contributed by atoms with E-state index < -0.39 is 0 Å². The Kier molecular flexibility index (Phi) is 4.13. The van der Waals surface area contributed by atoms with E-state index in [-0.39, 0.29) is 0 Å². The van der Waals surface area contributed by atoms with Gasteiger partial charge in [-0.1, -0.05) is 0 Å². The van der Waals surface area contributed by atoms with E-state index in [4.69, 9.17) is 9.15 Å². The number of likely N-dealkylation sites (tertiary alicyclic amines) is 1. The third-order valence-corrected chi connectivity index (χ3v) is 4.72. The molecule has 2 saturated heterocycles. The van der Waals surface area contributed by atoms with E-state index in [1.54, 1.807) is 0 Å². The fraction of sp³-hybridized carbons (Fsp3) is 0.688. The summed E-state index contributed by atoms with van der Waals surface area (Å²) >= 11 is 0. The van der Waals surface area contributed by atoms with E-state index in [0.29, 0.717) is 23.8 Å². The number of aromatic nitrogens is 3. The summed E-state index contributed by atoms with van der Waals surface area (Å²) in [5.74, 6) is 1.40. The van der Waals surface area contributed by atoms with Crippen LogP contribution in [0.1, 0.15) is 31.6 Å². The van der Waals surface area contributed by atoms with Crippen LogP contribution in [0.3, 0.4) is 0 Å². The Morgan fingerprint density at radius 1 is 1.26 bits per heavy atom. The van der Waals surface area contributed by atoms with Gasteiger partial charge in [0.05, 0.1) is 6.10 Å². The number of anilines is 1. The van der Waals surface area contributed by atoms with Crippen LogP contribution in [-0.2, 0) is 4.74 Å². The molecule has 4 rings (SSSR count). The van der Waals surface area contributed by atoms with Crippen molar-refractivity contribution in [3.8, 4) is 0 Å². The molecule has 0 spiro atoms. The molecule has 2 aliphatic heterocycles. The smallest absolute Gasteiger partial charge is 0.252 e. The molecule has 124 valence electrons. The van der Waals surface area contributed by atoms with E-state index in [0.717, 1.165) is 50.4 Å². The van der Waals surface area contributed by atoms with Crippen LogP contribution >= 0.6 is 0 Å². The molecule has 0 aromatic carbocycles. The van der Waals surface area contributed by atoms with Gasteiger partial charge >= 0.3 is 0 Å². The zero-order chi connectivity index (χ0) is 15.6. The Hall–Kier alpha value is -1.73. The standard InChI is InChI=1S/C16H23N5O2/c1-11-19-14-15(17-10-18-16(14)23-11)20-12-4-6-21(7-5-12)9-13-3-2-8-22-13/h10,12-13H,2-9H2,1H3,(H,17,18,20). The number of fused-ring (bicyclic) bond motifs is 1. The first-order chi connectivity index (χ1) is 11.3. The van der Waals surface area contributed by atoms with Gasteiger partial charge in [0.15, 0.2) is 17.2 Å². The second kappa shape index (κ2) is 6.41. The van der Waals surface area contributed by atoms with Crippen molar-refractivity contribution in [3.05, 3.63) is 12.2 Å². The third kappa shape index (κ3) is 3.30. The van der Waals surface area contributed by atoms with Crippen molar-refractivity contribution in [3.63, 3.8) is 0 Å². The fourth-order valence-electron chi connectivity index (χ4n) is 3.49. The van der Waals surface area contributed by atoms with Crippen molar-refractivity contribution in [1.29, 1.82) is 0 Å². The minimum Gasteiger partial charge on any atom is -0.422 e. The molecule has 7 nitrogen and oxygen atoms in total. The predicted octanol–water partition coefficient (Wildman–Crippen LogP) is 1.98. The van der Waals surface area contributed by atoms with Crippen LogP contribution in [0.15, 0.2) is 10.7 Å². The van der Waals surface area contributed by atoms with Crippen molar-refractivity contribution in [1.82, 2.24) is 19.9 Å². The summed E-state index contributed by atoms with van der Waals surface area (Å²) in [4.78, 5) is 15.4. The lowest BCUT2D eigenvalue weighted by Crippen LogP contribution is -2.42. The minimum absolute atomic E-state index is 0.422. The van der Waals surface area contributed by atoms with Crippen molar-refractivity contribution in [2.75, 3.05) is 31.6 Å². The van der Waals surface area contributed by atoms with Gasteiger partial charge in [-0.25, -0.2) is 9.97 Å². The number of piperidine rings is 1. The molecule has 0 bridgehead atoms. The molecule has 1 atom stereocenters. The summed E-state index contributed by atoms with van der Waals surface area (Å²) in [6.45, 7) is 6.04. The second-order valence-corrected chi connectivity index (χ2v) is 6.46. The monoisotopic (exact) mass is 317 g/mol. The van der Waals surface area contributed by atoms with Crippen molar-refractivity contribution in [2.24, 2.45) is 0 Å². The average Bonchev–Trinajstić information content (AvgIpc) is 3.18. The molecule has 2 aromatic heterocycles. The van der Waals surface area contributed by atoms with Gasteiger partial charge < -0.3 is 19.4 Å². The fourth-order valence-corrected chi connectivity index (χ4v) is 3.49. The highest BCUT2D eigenvalue weighted by Gasteiger charge is 2.24. The molecule has 1 unspecified atom stereocenters. The molecule has 2 aliphatic rings. The topological polar surface area (TPSA) is 76.3 Å². The van der Waals surface area contributed by atoms with Crippen LogP contribution in [0.2, 0.25) is 0 Å².